The molecule has 23 heavy (non-hydrogen) atoms. The summed E-state index contributed by atoms with van der Waals surface area (Å²) in [5, 5.41) is 3.23. The number of amides is 1. The highest BCUT2D eigenvalue weighted by Crippen LogP contribution is 2.30. The molecule has 0 saturated carbocycles. The second-order valence-electron chi connectivity index (χ2n) is 6.02. The van der Waals surface area contributed by atoms with Crippen molar-refractivity contribution in [3.8, 4) is 0 Å². The molecule has 1 aliphatic heterocycles. The van der Waals surface area contributed by atoms with Crippen LogP contribution in [-0.4, -0.2) is 38.8 Å². The summed E-state index contributed by atoms with van der Waals surface area (Å²) in [7, 11) is 0. The highest BCUT2D eigenvalue weighted by Gasteiger charge is 2.28. The van der Waals surface area contributed by atoms with Gasteiger partial charge < -0.3 is 9.88 Å². The fourth-order valence-corrected chi connectivity index (χ4v) is 4.14. The summed E-state index contributed by atoms with van der Waals surface area (Å²) < 4.78 is 0. The number of nitrogens with zero attached hydrogens (tertiary/aromatic N) is 3. The number of hydrogen-bond acceptors (Lipinski definition) is 4. The Hall–Kier alpha value is -2.21. The van der Waals surface area contributed by atoms with Crippen LogP contribution < -0.4 is 0 Å². The van der Waals surface area contributed by atoms with E-state index in [4.69, 9.17) is 0 Å². The molecule has 0 spiro atoms. The van der Waals surface area contributed by atoms with Gasteiger partial charge in [0.2, 0.25) is 0 Å². The summed E-state index contributed by atoms with van der Waals surface area (Å²) in [6.07, 6.45) is 5.62. The molecule has 1 atom stereocenters. The maximum atomic E-state index is 12.9. The molecule has 0 bridgehead atoms. The van der Waals surface area contributed by atoms with Crippen molar-refractivity contribution in [3.05, 3.63) is 46.2 Å². The molecule has 1 fully saturated rings. The molecule has 1 N–H and O–H groups in total. The lowest BCUT2D eigenvalue weighted by molar-refractivity contribution is 0.0709. The number of rotatable bonds is 2. The number of fused-ring (bicyclic) bond motifs is 1. The molecule has 4 rings (SSSR count). The standard InChI is InChI=1S/C17H18N4OS/c1-11-10-23-16(20-11)12-4-3-7-21(9-12)17(22)13-8-19-14-5-2-6-18-15(13)14/h2,5-6,8,10,12,19H,3-4,7,9H2,1H3. The summed E-state index contributed by atoms with van der Waals surface area (Å²) in [5.41, 5.74) is 3.38. The molecular formula is C17H18N4OS. The predicted molar refractivity (Wildman–Crippen MR) is 90.8 cm³/mol. The van der Waals surface area contributed by atoms with Gasteiger partial charge >= 0.3 is 0 Å². The Kier molecular flexibility index (Phi) is 3.61. The smallest absolute Gasteiger partial charge is 0.257 e. The Morgan fingerprint density at radius 1 is 1.48 bits per heavy atom. The SMILES string of the molecule is Cc1csc(C2CCCN(C(=O)c3c[nH]c4cccnc34)C2)n1. The van der Waals surface area contributed by atoms with Gasteiger partial charge in [-0.15, -0.1) is 11.3 Å². The molecule has 3 aromatic heterocycles. The first-order valence-corrected chi connectivity index (χ1v) is 8.74. The van der Waals surface area contributed by atoms with Gasteiger partial charge in [-0.1, -0.05) is 0 Å². The molecule has 3 aromatic rings. The molecule has 5 nitrogen and oxygen atoms in total. The Morgan fingerprint density at radius 2 is 2.39 bits per heavy atom. The van der Waals surface area contributed by atoms with E-state index in [9.17, 15) is 4.79 Å². The zero-order valence-corrected chi connectivity index (χ0v) is 13.8. The van der Waals surface area contributed by atoms with Crippen molar-refractivity contribution < 1.29 is 4.79 Å². The van der Waals surface area contributed by atoms with Crippen molar-refractivity contribution in [1.29, 1.82) is 0 Å². The van der Waals surface area contributed by atoms with Gasteiger partial charge in [-0.25, -0.2) is 4.98 Å². The van der Waals surface area contributed by atoms with Crippen LogP contribution >= 0.6 is 11.3 Å². The molecule has 6 heteroatoms. The van der Waals surface area contributed by atoms with Gasteiger partial charge in [0.05, 0.1) is 16.1 Å². The van der Waals surface area contributed by atoms with Crippen LogP contribution in [0.3, 0.4) is 0 Å². The first-order valence-electron chi connectivity index (χ1n) is 7.86. The van der Waals surface area contributed by atoms with E-state index in [1.165, 1.54) is 0 Å². The average molecular weight is 326 g/mol. The van der Waals surface area contributed by atoms with Gasteiger partial charge in [-0.05, 0) is 31.9 Å². The first-order chi connectivity index (χ1) is 11.2. The van der Waals surface area contributed by atoms with E-state index in [0.717, 1.165) is 47.7 Å². The van der Waals surface area contributed by atoms with E-state index in [0.29, 0.717) is 11.5 Å². The van der Waals surface area contributed by atoms with Gasteiger partial charge in [-0.3, -0.25) is 9.78 Å². The van der Waals surface area contributed by atoms with Crippen molar-refractivity contribution in [2.24, 2.45) is 0 Å². The number of H-pyrrole nitrogens is 1. The molecule has 1 amide bonds. The van der Waals surface area contributed by atoms with Crippen molar-refractivity contribution in [2.45, 2.75) is 25.7 Å². The molecule has 0 aliphatic carbocycles. The van der Waals surface area contributed by atoms with Gasteiger partial charge in [0.1, 0.15) is 5.52 Å². The maximum Gasteiger partial charge on any atom is 0.257 e. The fraction of sp³-hybridized carbons (Fsp3) is 0.353. The third-order valence-electron chi connectivity index (χ3n) is 4.36. The zero-order chi connectivity index (χ0) is 15.8. The number of carbonyl (C=O) groups excluding carboxylic acids is 1. The number of likely N-dealkylation sites (tertiary alicyclic amines) is 1. The quantitative estimate of drug-likeness (QED) is 0.785. The Morgan fingerprint density at radius 3 is 3.22 bits per heavy atom. The number of thiazole rings is 1. The number of nitrogens with one attached hydrogen (secondary N) is 1. The van der Waals surface area contributed by atoms with E-state index in [2.05, 4.69) is 20.3 Å². The van der Waals surface area contributed by atoms with Crippen LogP contribution in [0, 0.1) is 6.92 Å². The topological polar surface area (TPSA) is 61.9 Å². The second kappa shape index (κ2) is 5.77. The number of piperidine rings is 1. The maximum absolute atomic E-state index is 12.9. The van der Waals surface area contributed by atoms with Crippen LogP contribution in [0.5, 0.6) is 0 Å². The van der Waals surface area contributed by atoms with Crippen molar-refractivity contribution in [2.75, 3.05) is 13.1 Å². The zero-order valence-electron chi connectivity index (χ0n) is 13.0. The summed E-state index contributed by atoms with van der Waals surface area (Å²) in [6.45, 7) is 3.56. The van der Waals surface area contributed by atoms with Crippen LogP contribution in [0.25, 0.3) is 11.0 Å². The highest BCUT2D eigenvalue weighted by atomic mass is 32.1. The summed E-state index contributed by atoms with van der Waals surface area (Å²) >= 11 is 1.70. The number of aryl methyl sites for hydroxylation is 1. The largest absolute Gasteiger partial charge is 0.359 e. The first kappa shape index (κ1) is 14.4. The molecule has 0 radical (unpaired) electrons. The van der Waals surface area contributed by atoms with E-state index >= 15 is 0 Å². The molecule has 1 aliphatic rings. The lowest BCUT2D eigenvalue weighted by atomic mass is 9.98. The molecule has 118 valence electrons. The minimum atomic E-state index is 0.0629. The monoisotopic (exact) mass is 326 g/mol. The van der Waals surface area contributed by atoms with E-state index in [1.807, 2.05) is 24.0 Å². The van der Waals surface area contributed by atoms with Crippen molar-refractivity contribution in [3.63, 3.8) is 0 Å². The Bertz CT molecular complexity index is 853. The van der Waals surface area contributed by atoms with Crippen LogP contribution in [0.1, 0.15) is 39.8 Å². The number of aromatic nitrogens is 3. The van der Waals surface area contributed by atoms with Crippen LogP contribution in [0.15, 0.2) is 29.9 Å². The molecular weight excluding hydrogens is 308 g/mol. The van der Waals surface area contributed by atoms with Gasteiger partial charge in [0.15, 0.2) is 0 Å². The fourth-order valence-electron chi connectivity index (χ4n) is 3.21. The number of carbonyl (C=O) groups is 1. The average Bonchev–Trinajstić information content (AvgIpc) is 3.20. The van der Waals surface area contributed by atoms with Gasteiger partial charge in [0.25, 0.3) is 5.91 Å². The number of aromatic amines is 1. The number of pyridine rings is 1. The van der Waals surface area contributed by atoms with E-state index in [1.54, 1.807) is 23.7 Å². The van der Waals surface area contributed by atoms with Crippen LogP contribution in [-0.2, 0) is 0 Å². The van der Waals surface area contributed by atoms with Gasteiger partial charge in [-0.2, -0.15) is 0 Å². The molecule has 1 unspecified atom stereocenters. The molecule has 0 aromatic carbocycles. The Balaban J connectivity index is 1.58. The third kappa shape index (κ3) is 2.63. The minimum Gasteiger partial charge on any atom is -0.359 e. The van der Waals surface area contributed by atoms with E-state index in [-0.39, 0.29) is 5.91 Å². The van der Waals surface area contributed by atoms with Crippen molar-refractivity contribution in [1.82, 2.24) is 19.9 Å². The van der Waals surface area contributed by atoms with Gasteiger partial charge in [0, 0.05) is 42.5 Å². The second-order valence-corrected chi connectivity index (χ2v) is 6.91. The number of hydrogen-bond donors (Lipinski definition) is 1. The predicted octanol–water partition coefficient (Wildman–Crippen LogP) is 3.35. The minimum absolute atomic E-state index is 0.0629. The summed E-state index contributed by atoms with van der Waals surface area (Å²) in [4.78, 5) is 26.9. The molecule has 1 saturated heterocycles. The lowest BCUT2D eigenvalue weighted by Crippen LogP contribution is -2.39. The van der Waals surface area contributed by atoms with E-state index < -0.39 is 0 Å². The lowest BCUT2D eigenvalue weighted by Gasteiger charge is -2.31. The third-order valence-corrected chi connectivity index (χ3v) is 5.48. The van der Waals surface area contributed by atoms with Crippen LogP contribution in [0.2, 0.25) is 0 Å². The van der Waals surface area contributed by atoms with Crippen LogP contribution in [0.4, 0.5) is 0 Å². The highest BCUT2D eigenvalue weighted by molar-refractivity contribution is 7.09. The normalized spacial score (nSPS) is 18.5. The van der Waals surface area contributed by atoms with Crippen molar-refractivity contribution >= 4 is 28.3 Å². The molecule has 4 heterocycles. The Labute approximate surface area is 138 Å². The summed E-state index contributed by atoms with van der Waals surface area (Å²) in [5.74, 6) is 0.414. The summed E-state index contributed by atoms with van der Waals surface area (Å²) in [6, 6.07) is 3.81.